The predicted molar refractivity (Wildman–Crippen MR) is 60.9 cm³/mol. The molecule has 0 aliphatic heterocycles. The third-order valence-corrected chi connectivity index (χ3v) is 2.89. The van der Waals surface area contributed by atoms with Gasteiger partial charge in [0.15, 0.2) is 0 Å². The van der Waals surface area contributed by atoms with Crippen LogP contribution in [0.15, 0.2) is 12.3 Å². The van der Waals surface area contributed by atoms with E-state index in [9.17, 15) is 0 Å². The topological polar surface area (TPSA) is 54.5 Å². The molecule has 2 aromatic rings. The van der Waals surface area contributed by atoms with E-state index >= 15 is 0 Å². The first-order valence-electron chi connectivity index (χ1n) is 4.03. The maximum absolute atomic E-state index is 8.67. The van der Waals surface area contributed by atoms with Crippen LogP contribution in [0.1, 0.15) is 11.5 Å². The molecular formula is C9H7IN4. The lowest BCUT2D eigenvalue weighted by Gasteiger charge is -1.98. The van der Waals surface area contributed by atoms with Crippen LogP contribution in [0.5, 0.6) is 0 Å². The van der Waals surface area contributed by atoms with Gasteiger partial charge in [-0.3, -0.25) is 0 Å². The standard InChI is InChI=1S/C9H7IN4/c1-14-7(3-10)2-6-5-12-8(4-11)13-9(6)14/h2,5H,3H2,1H3. The summed E-state index contributed by atoms with van der Waals surface area (Å²) in [4.78, 5) is 8.08. The molecule has 0 bridgehead atoms. The molecule has 2 rings (SSSR count). The minimum absolute atomic E-state index is 0.221. The van der Waals surface area contributed by atoms with E-state index in [0.29, 0.717) is 0 Å². The number of hydrogen-bond donors (Lipinski definition) is 0. The number of hydrogen-bond acceptors (Lipinski definition) is 3. The number of halogens is 1. The highest BCUT2D eigenvalue weighted by Gasteiger charge is 2.06. The van der Waals surface area contributed by atoms with Gasteiger partial charge in [0.05, 0.1) is 0 Å². The van der Waals surface area contributed by atoms with Crippen LogP contribution < -0.4 is 0 Å². The summed E-state index contributed by atoms with van der Waals surface area (Å²) in [5.41, 5.74) is 2.01. The molecule has 0 radical (unpaired) electrons. The number of nitrogens with zero attached hydrogens (tertiary/aromatic N) is 4. The Hall–Kier alpha value is -1.16. The fourth-order valence-corrected chi connectivity index (χ4v) is 2.08. The van der Waals surface area contributed by atoms with Crippen molar-refractivity contribution in [3.05, 3.63) is 23.8 Å². The average molecular weight is 298 g/mol. The Bertz CT molecular complexity index is 523. The van der Waals surface area contributed by atoms with E-state index in [1.807, 2.05) is 23.8 Å². The monoisotopic (exact) mass is 298 g/mol. The lowest BCUT2D eigenvalue weighted by atomic mass is 10.4. The van der Waals surface area contributed by atoms with Gasteiger partial charge in [-0.05, 0) is 6.07 Å². The van der Waals surface area contributed by atoms with Crippen LogP contribution in [-0.2, 0) is 11.5 Å². The second-order valence-corrected chi connectivity index (χ2v) is 3.68. The summed E-state index contributed by atoms with van der Waals surface area (Å²) in [6, 6.07) is 3.98. The summed E-state index contributed by atoms with van der Waals surface area (Å²) in [6.45, 7) is 0. The third kappa shape index (κ3) is 1.35. The maximum atomic E-state index is 8.67. The van der Waals surface area contributed by atoms with E-state index in [2.05, 4.69) is 32.6 Å². The van der Waals surface area contributed by atoms with Crippen molar-refractivity contribution in [2.45, 2.75) is 4.43 Å². The van der Waals surface area contributed by atoms with Gasteiger partial charge in [0.2, 0.25) is 5.82 Å². The lowest BCUT2D eigenvalue weighted by Crippen LogP contribution is -1.96. The zero-order chi connectivity index (χ0) is 10.1. The van der Waals surface area contributed by atoms with Crippen LogP contribution in [0, 0.1) is 11.3 Å². The fraction of sp³-hybridized carbons (Fsp3) is 0.222. The van der Waals surface area contributed by atoms with E-state index in [1.165, 1.54) is 5.69 Å². The van der Waals surface area contributed by atoms with Gasteiger partial charge in [0.25, 0.3) is 0 Å². The third-order valence-electron chi connectivity index (χ3n) is 2.10. The molecule has 0 unspecified atom stereocenters. The summed E-state index contributed by atoms with van der Waals surface area (Å²) in [5.74, 6) is 0.221. The molecule has 70 valence electrons. The van der Waals surface area contributed by atoms with Crippen molar-refractivity contribution in [2.75, 3.05) is 0 Å². The Morgan fingerprint density at radius 2 is 2.43 bits per heavy atom. The van der Waals surface area contributed by atoms with Crippen LogP contribution in [0.4, 0.5) is 0 Å². The number of fused-ring (bicyclic) bond motifs is 1. The van der Waals surface area contributed by atoms with Crippen LogP contribution in [-0.4, -0.2) is 14.5 Å². The van der Waals surface area contributed by atoms with E-state index in [4.69, 9.17) is 5.26 Å². The van der Waals surface area contributed by atoms with Crippen LogP contribution >= 0.6 is 22.6 Å². The van der Waals surface area contributed by atoms with Crippen molar-refractivity contribution in [2.24, 2.45) is 7.05 Å². The highest BCUT2D eigenvalue weighted by Crippen LogP contribution is 2.17. The first kappa shape index (κ1) is 9.40. The lowest BCUT2D eigenvalue weighted by molar-refractivity contribution is 0.894. The molecule has 0 aliphatic rings. The zero-order valence-corrected chi connectivity index (χ0v) is 9.69. The molecule has 2 heterocycles. The highest BCUT2D eigenvalue weighted by molar-refractivity contribution is 14.1. The van der Waals surface area contributed by atoms with Crippen molar-refractivity contribution >= 4 is 33.6 Å². The van der Waals surface area contributed by atoms with Crippen molar-refractivity contribution in [1.29, 1.82) is 5.26 Å². The molecule has 0 saturated carbocycles. The summed E-state index contributed by atoms with van der Waals surface area (Å²) < 4.78 is 2.91. The Balaban J connectivity index is 2.75. The second kappa shape index (κ2) is 3.53. The SMILES string of the molecule is Cn1c(CI)cc2cnc(C#N)nc21. The van der Waals surface area contributed by atoms with Gasteiger partial charge in [-0.2, -0.15) is 5.26 Å². The zero-order valence-electron chi connectivity index (χ0n) is 7.53. The molecule has 0 aliphatic carbocycles. The minimum Gasteiger partial charge on any atom is -0.332 e. The molecule has 0 atom stereocenters. The first-order chi connectivity index (χ1) is 6.76. The number of aryl methyl sites for hydroxylation is 1. The Morgan fingerprint density at radius 1 is 1.64 bits per heavy atom. The predicted octanol–water partition coefficient (Wildman–Crippen LogP) is 1.77. The van der Waals surface area contributed by atoms with Gasteiger partial charge in [0.1, 0.15) is 11.7 Å². The van der Waals surface area contributed by atoms with Gasteiger partial charge < -0.3 is 4.57 Å². The molecule has 0 aromatic carbocycles. The van der Waals surface area contributed by atoms with E-state index < -0.39 is 0 Å². The average Bonchev–Trinajstić information content (AvgIpc) is 2.55. The minimum atomic E-state index is 0.221. The molecule has 0 N–H and O–H groups in total. The van der Waals surface area contributed by atoms with Crippen LogP contribution in [0.2, 0.25) is 0 Å². The highest BCUT2D eigenvalue weighted by atomic mass is 127. The van der Waals surface area contributed by atoms with Crippen molar-refractivity contribution in [1.82, 2.24) is 14.5 Å². The van der Waals surface area contributed by atoms with Crippen molar-refractivity contribution < 1.29 is 0 Å². The Morgan fingerprint density at radius 3 is 3.07 bits per heavy atom. The second-order valence-electron chi connectivity index (χ2n) is 2.91. The van der Waals surface area contributed by atoms with E-state index in [0.717, 1.165) is 15.5 Å². The Kier molecular flexibility index (Phi) is 2.37. The van der Waals surface area contributed by atoms with Gasteiger partial charge in [0, 0.05) is 28.8 Å². The maximum Gasteiger partial charge on any atom is 0.234 e. The largest absolute Gasteiger partial charge is 0.332 e. The van der Waals surface area contributed by atoms with Crippen LogP contribution in [0.3, 0.4) is 0 Å². The number of aromatic nitrogens is 3. The molecule has 0 fully saturated rings. The summed E-state index contributed by atoms with van der Waals surface area (Å²) in [7, 11) is 1.95. The molecule has 0 spiro atoms. The summed E-state index contributed by atoms with van der Waals surface area (Å²) in [6.07, 6.45) is 1.69. The molecule has 4 nitrogen and oxygen atoms in total. The summed E-state index contributed by atoms with van der Waals surface area (Å²) in [5, 5.41) is 9.65. The van der Waals surface area contributed by atoms with Gasteiger partial charge in [-0.15, -0.1) is 0 Å². The van der Waals surface area contributed by atoms with Crippen molar-refractivity contribution in [3.63, 3.8) is 0 Å². The van der Waals surface area contributed by atoms with Crippen LogP contribution in [0.25, 0.3) is 11.0 Å². The van der Waals surface area contributed by atoms with Gasteiger partial charge >= 0.3 is 0 Å². The Labute approximate surface area is 94.7 Å². The van der Waals surface area contributed by atoms with Crippen molar-refractivity contribution in [3.8, 4) is 6.07 Å². The normalized spacial score (nSPS) is 10.4. The first-order valence-corrected chi connectivity index (χ1v) is 5.56. The number of alkyl halides is 1. The van der Waals surface area contributed by atoms with Gasteiger partial charge in [-0.25, -0.2) is 9.97 Å². The molecule has 14 heavy (non-hydrogen) atoms. The summed E-state index contributed by atoms with van der Waals surface area (Å²) >= 11 is 2.30. The molecule has 2 aromatic heterocycles. The molecule has 0 amide bonds. The van der Waals surface area contributed by atoms with Gasteiger partial charge in [-0.1, -0.05) is 22.6 Å². The smallest absolute Gasteiger partial charge is 0.234 e. The van der Waals surface area contributed by atoms with E-state index in [1.54, 1.807) is 6.20 Å². The molecular weight excluding hydrogens is 291 g/mol. The fourth-order valence-electron chi connectivity index (χ4n) is 1.35. The number of nitriles is 1. The quantitative estimate of drug-likeness (QED) is 0.595. The van der Waals surface area contributed by atoms with E-state index in [-0.39, 0.29) is 5.82 Å². The molecule has 0 saturated heterocycles. The number of rotatable bonds is 1. The molecule has 5 heteroatoms.